The van der Waals surface area contributed by atoms with E-state index >= 15 is 0 Å². The third kappa shape index (κ3) is 2.31. The van der Waals surface area contributed by atoms with Crippen LogP contribution in [0.3, 0.4) is 0 Å². The molecule has 86 valence electrons. The second-order valence-electron chi connectivity index (χ2n) is 3.42. The Morgan fingerprint density at radius 1 is 1.56 bits per heavy atom. The molecule has 2 heterocycles. The maximum absolute atomic E-state index is 11.7. The van der Waals surface area contributed by atoms with Gasteiger partial charge in [0.1, 0.15) is 0 Å². The minimum absolute atomic E-state index is 0.0329. The van der Waals surface area contributed by atoms with Crippen molar-refractivity contribution in [3.8, 4) is 0 Å². The van der Waals surface area contributed by atoms with Gasteiger partial charge in [-0.05, 0) is 11.6 Å². The molecular weight excluding hydrogens is 228 g/mol. The van der Waals surface area contributed by atoms with Crippen LogP contribution in [0.1, 0.15) is 5.56 Å². The zero-order chi connectivity index (χ0) is 11.6. The van der Waals surface area contributed by atoms with Gasteiger partial charge in [0.25, 0.3) is 10.0 Å². The van der Waals surface area contributed by atoms with E-state index in [1.165, 1.54) is 12.5 Å². The molecule has 6 nitrogen and oxygen atoms in total. The second-order valence-corrected chi connectivity index (χ2v) is 5.14. The van der Waals surface area contributed by atoms with Gasteiger partial charge in [0.15, 0.2) is 5.03 Å². The first-order valence-electron chi connectivity index (χ1n) is 4.67. The van der Waals surface area contributed by atoms with Gasteiger partial charge in [-0.3, -0.25) is 0 Å². The van der Waals surface area contributed by atoms with Gasteiger partial charge < -0.3 is 9.55 Å². The molecule has 0 saturated heterocycles. The zero-order valence-electron chi connectivity index (χ0n) is 8.71. The summed E-state index contributed by atoms with van der Waals surface area (Å²) in [5.74, 6) is 0. The molecule has 0 bridgehead atoms. The van der Waals surface area contributed by atoms with Gasteiger partial charge >= 0.3 is 0 Å². The highest BCUT2D eigenvalue weighted by molar-refractivity contribution is 7.89. The van der Waals surface area contributed by atoms with Crippen LogP contribution in [0.25, 0.3) is 0 Å². The maximum Gasteiger partial charge on any atom is 0.259 e. The molecule has 0 saturated carbocycles. The predicted octanol–water partition coefficient (Wildman–Crippen LogP) is 0.227. The highest BCUT2D eigenvalue weighted by Crippen LogP contribution is 2.05. The summed E-state index contributed by atoms with van der Waals surface area (Å²) in [6.45, 7) is 0.252. The molecule has 7 heteroatoms. The molecule has 2 rings (SSSR count). The average molecular weight is 240 g/mol. The van der Waals surface area contributed by atoms with Gasteiger partial charge in [0.05, 0.1) is 6.33 Å². The summed E-state index contributed by atoms with van der Waals surface area (Å²) in [6, 6.07) is 1.81. The molecule has 0 spiro atoms. The summed E-state index contributed by atoms with van der Waals surface area (Å²) < 4.78 is 27.5. The lowest BCUT2D eigenvalue weighted by Gasteiger charge is -2.01. The second kappa shape index (κ2) is 4.11. The fraction of sp³-hybridized carbons (Fsp3) is 0.222. The van der Waals surface area contributed by atoms with E-state index < -0.39 is 10.0 Å². The summed E-state index contributed by atoms with van der Waals surface area (Å²) in [4.78, 5) is 6.65. The Morgan fingerprint density at radius 3 is 2.94 bits per heavy atom. The van der Waals surface area contributed by atoms with Gasteiger partial charge in [-0.2, -0.15) is 0 Å². The van der Waals surface area contributed by atoms with Crippen LogP contribution in [0.4, 0.5) is 0 Å². The lowest BCUT2D eigenvalue weighted by atomic mass is 10.4. The summed E-state index contributed by atoms with van der Waals surface area (Å²) in [6.07, 6.45) is 6.38. The van der Waals surface area contributed by atoms with Crippen molar-refractivity contribution in [3.63, 3.8) is 0 Å². The molecule has 0 radical (unpaired) electrons. The number of imidazole rings is 1. The average Bonchev–Trinajstić information content (AvgIpc) is 2.85. The zero-order valence-corrected chi connectivity index (χ0v) is 9.53. The number of nitrogens with zero attached hydrogens (tertiary/aromatic N) is 2. The third-order valence-corrected chi connectivity index (χ3v) is 3.37. The summed E-state index contributed by atoms with van der Waals surface area (Å²) in [7, 11) is -1.79. The Labute approximate surface area is 93.4 Å². The predicted molar refractivity (Wildman–Crippen MR) is 58.0 cm³/mol. The molecule has 0 aliphatic rings. The monoisotopic (exact) mass is 240 g/mol. The van der Waals surface area contributed by atoms with Gasteiger partial charge in [0.2, 0.25) is 0 Å². The number of H-pyrrole nitrogens is 1. The number of sulfonamides is 1. The first kappa shape index (κ1) is 10.9. The summed E-state index contributed by atoms with van der Waals surface area (Å²) in [5.41, 5.74) is 0.875. The molecule has 0 atom stereocenters. The Hall–Kier alpha value is -1.60. The van der Waals surface area contributed by atoms with E-state index in [4.69, 9.17) is 0 Å². The highest BCUT2D eigenvalue weighted by atomic mass is 32.2. The van der Waals surface area contributed by atoms with Crippen molar-refractivity contribution < 1.29 is 8.42 Å². The highest BCUT2D eigenvalue weighted by Gasteiger charge is 2.16. The van der Waals surface area contributed by atoms with E-state index in [1.54, 1.807) is 30.1 Å². The SMILES string of the molecule is Cn1cnc(S(=O)(=O)NCc2cc[nH]c2)c1. The maximum atomic E-state index is 11.7. The van der Waals surface area contributed by atoms with Crippen molar-refractivity contribution >= 4 is 10.0 Å². The number of hydrogen-bond acceptors (Lipinski definition) is 3. The van der Waals surface area contributed by atoms with Crippen molar-refractivity contribution in [3.05, 3.63) is 36.5 Å². The number of aromatic nitrogens is 3. The summed E-state index contributed by atoms with van der Waals surface area (Å²) in [5, 5.41) is 0.0329. The van der Waals surface area contributed by atoms with Crippen molar-refractivity contribution in [2.75, 3.05) is 0 Å². The molecule has 0 aliphatic heterocycles. The largest absolute Gasteiger partial charge is 0.367 e. The number of nitrogens with one attached hydrogen (secondary N) is 2. The van der Waals surface area contributed by atoms with Crippen LogP contribution < -0.4 is 4.72 Å². The number of aryl methyl sites for hydroxylation is 1. The number of hydrogen-bond donors (Lipinski definition) is 2. The van der Waals surface area contributed by atoms with E-state index in [0.717, 1.165) is 5.56 Å². The van der Waals surface area contributed by atoms with E-state index in [9.17, 15) is 8.42 Å². The molecule has 0 unspecified atom stereocenters. The van der Waals surface area contributed by atoms with Crippen LogP contribution in [-0.2, 0) is 23.6 Å². The molecule has 0 aromatic carbocycles. The van der Waals surface area contributed by atoms with Gasteiger partial charge in [-0.25, -0.2) is 18.1 Å². The number of aromatic amines is 1. The molecule has 16 heavy (non-hydrogen) atoms. The van der Waals surface area contributed by atoms with Gasteiger partial charge in [-0.1, -0.05) is 0 Å². The molecule has 2 aromatic rings. The Balaban J connectivity index is 2.09. The lowest BCUT2D eigenvalue weighted by molar-refractivity contribution is 0.578. The van der Waals surface area contributed by atoms with Crippen LogP contribution in [0.15, 0.2) is 36.0 Å². The molecule has 0 amide bonds. The van der Waals surface area contributed by atoms with Crippen molar-refractivity contribution in [2.24, 2.45) is 7.05 Å². The van der Waals surface area contributed by atoms with Crippen molar-refractivity contribution in [2.45, 2.75) is 11.6 Å². The molecule has 2 N–H and O–H groups in total. The topological polar surface area (TPSA) is 79.8 Å². The van der Waals surface area contributed by atoms with Crippen LogP contribution in [-0.4, -0.2) is 23.0 Å². The molecule has 0 aliphatic carbocycles. The normalized spacial score (nSPS) is 11.8. The van der Waals surface area contributed by atoms with Gasteiger partial charge in [-0.15, -0.1) is 0 Å². The first-order valence-corrected chi connectivity index (χ1v) is 6.15. The lowest BCUT2D eigenvalue weighted by Crippen LogP contribution is -2.23. The van der Waals surface area contributed by atoms with Gasteiger partial charge in [0, 0.05) is 32.2 Å². The standard InChI is InChI=1S/C9H12N4O2S/c1-13-6-9(11-7-13)16(14,15)12-5-8-2-3-10-4-8/h2-4,6-7,10,12H,5H2,1H3. The van der Waals surface area contributed by atoms with Crippen molar-refractivity contribution in [1.29, 1.82) is 0 Å². The van der Waals surface area contributed by atoms with Crippen LogP contribution in [0, 0.1) is 0 Å². The Kier molecular flexibility index (Phi) is 2.80. The summed E-state index contributed by atoms with van der Waals surface area (Å²) >= 11 is 0. The van der Waals surface area contributed by atoms with E-state index in [2.05, 4.69) is 14.7 Å². The van der Waals surface area contributed by atoms with E-state index in [-0.39, 0.29) is 11.6 Å². The third-order valence-electron chi connectivity index (χ3n) is 2.09. The Morgan fingerprint density at radius 2 is 2.38 bits per heavy atom. The fourth-order valence-corrected chi connectivity index (χ4v) is 2.24. The quantitative estimate of drug-likeness (QED) is 0.802. The fourth-order valence-electron chi connectivity index (χ4n) is 1.25. The minimum Gasteiger partial charge on any atom is -0.367 e. The number of rotatable bonds is 4. The Bertz CT molecular complexity index is 556. The molecule has 2 aromatic heterocycles. The van der Waals surface area contributed by atoms with E-state index in [0.29, 0.717) is 0 Å². The molecular formula is C9H12N4O2S. The minimum atomic E-state index is -3.51. The van der Waals surface area contributed by atoms with Crippen LogP contribution in [0.2, 0.25) is 0 Å². The van der Waals surface area contributed by atoms with Crippen molar-refractivity contribution in [1.82, 2.24) is 19.3 Å². The first-order chi connectivity index (χ1) is 7.58. The smallest absolute Gasteiger partial charge is 0.259 e. The van der Waals surface area contributed by atoms with Crippen LogP contribution >= 0.6 is 0 Å². The van der Waals surface area contributed by atoms with Crippen LogP contribution in [0.5, 0.6) is 0 Å². The van der Waals surface area contributed by atoms with E-state index in [1.807, 2.05) is 0 Å². The molecule has 0 fully saturated rings.